The molecule has 0 aliphatic rings. The first-order chi connectivity index (χ1) is 5.24. The van der Waals surface area contributed by atoms with Gasteiger partial charge in [0.15, 0.2) is 0 Å². The van der Waals surface area contributed by atoms with Crippen LogP contribution in [0.3, 0.4) is 0 Å². The molecule has 0 atom stereocenters. The second-order valence-corrected chi connectivity index (χ2v) is 3.41. The molecule has 1 aromatic carbocycles. The van der Waals surface area contributed by atoms with Crippen LogP contribution in [0.5, 0.6) is 0 Å². The van der Waals surface area contributed by atoms with Crippen LogP contribution >= 0.6 is 15.9 Å². The number of halogens is 1. The van der Waals surface area contributed by atoms with Gasteiger partial charge in [-0.05, 0) is 25.1 Å². The van der Waals surface area contributed by atoms with E-state index in [1.165, 1.54) is 5.69 Å². The maximum Gasteiger partial charge on any atom is 0.0374 e. The Bertz CT molecular complexity index is 235. The van der Waals surface area contributed by atoms with Crippen LogP contribution in [0.15, 0.2) is 28.7 Å². The first-order valence-corrected chi connectivity index (χ1v) is 4.50. The Morgan fingerprint density at radius 2 is 2.18 bits per heavy atom. The van der Waals surface area contributed by atoms with Crippen molar-refractivity contribution in [1.82, 2.24) is 0 Å². The lowest BCUT2D eigenvalue weighted by Crippen LogP contribution is -2.15. The zero-order valence-electron chi connectivity index (χ0n) is 6.84. The molecule has 11 heavy (non-hydrogen) atoms. The van der Waals surface area contributed by atoms with Crippen LogP contribution in [-0.4, -0.2) is 13.6 Å². The summed E-state index contributed by atoms with van der Waals surface area (Å²) >= 11 is 3.43. The van der Waals surface area contributed by atoms with Gasteiger partial charge in [0.25, 0.3) is 0 Å². The molecule has 1 nitrogen and oxygen atoms in total. The van der Waals surface area contributed by atoms with Crippen molar-refractivity contribution in [3.63, 3.8) is 0 Å². The van der Waals surface area contributed by atoms with E-state index < -0.39 is 0 Å². The first kappa shape index (κ1) is 8.60. The molecule has 60 valence electrons. The third-order valence-electron chi connectivity index (χ3n) is 1.72. The van der Waals surface area contributed by atoms with Crippen molar-refractivity contribution in [3.05, 3.63) is 28.7 Å². The van der Waals surface area contributed by atoms with E-state index in [0.717, 1.165) is 11.0 Å². The summed E-state index contributed by atoms with van der Waals surface area (Å²) in [6, 6.07) is 8.30. The maximum atomic E-state index is 3.43. The molecule has 2 heteroatoms. The molecule has 0 saturated carbocycles. The van der Waals surface area contributed by atoms with Crippen LogP contribution in [0.25, 0.3) is 0 Å². The Balaban J connectivity index is 2.86. The zero-order chi connectivity index (χ0) is 8.27. The van der Waals surface area contributed by atoms with Gasteiger partial charge in [0.2, 0.25) is 0 Å². The summed E-state index contributed by atoms with van der Waals surface area (Å²) in [7, 11) is 2.09. The summed E-state index contributed by atoms with van der Waals surface area (Å²) in [5.74, 6) is 0. The standard InChI is InChI=1S/C9H12BrN/c1-3-11(2)9-6-4-5-8(10)7-9/h4-7H,3H2,1-2H3. The fraction of sp³-hybridized carbons (Fsp3) is 0.333. The van der Waals surface area contributed by atoms with Gasteiger partial charge in [-0.2, -0.15) is 0 Å². The van der Waals surface area contributed by atoms with Crippen LogP contribution < -0.4 is 4.90 Å². The molecule has 0 spiro atoms. The average Bonchev–Trinajstić information content (AvgIpc) is 2.03. The van der Waals surface area contributed by atoms with E-state index >= 15 is 0 Å². The Hall–Kier alpha value is -0.500. The number of benzene rings is 1. The molecule has 0 heterocycles. The second-order valence-electron chi connectivity index (χ2n) is 2.49. The van der Waals surface area contributed by atoms with E-state index in [1.54, 1.807) is 0 Å². The molecule has 0 radical (unpaired) electrons. The van der Waals surface area contributed by atoms with Crippen molar-refractivity contribution in [2.45, 2.75) is 6.92 Å². The lowest BCUT2D eigenvalue weighted by atomic mass is 10.3. The van der Waals surface area contributed by atoms with Gasteiger partial charge < -0.3 is 4.90 Å². The molecule has 0 aliphatic carbocycles. The van der Waals surface area contributed by atoms with E-state index in [2.05, 4.69) is 46.9 Å². The van der Waals surface area contributed by atoms with Crippen molar-refractivity contribution < 1.29 is 0 Å². The predicted octanol–water partition coefficient (Wildman–Crippen LogP) is 2.91. The monoisotopic (exact) mass is 213 g/mol. The molecule has 1 aromatic rings. The molecule has 0 bridgehead atoms. The minimum absolute atomic E-state index is 1.04. The SMILES string of the molecule is CCN(C)c1cccc(Br)c1. The van der Waals surface area contributed by atoms with Crippen molar-refractivity contribution in [1.29, 1.82) is 0 Å². The smallest absolute Gasteiger partial charge is 0.0374 e. The van der Waals surface area contributed by atoms with Crippen molar-refractivity contribution in [2.75, 3.05) is 18.5 Å². The Morgan fingerprint density at radius 1 is 1.45 bits per heavy atom. The molecule has 0 amide bonds. The van der Waals surface area contributed by atoms with Crippen LogP contribution in [-0.2, 0) is 0 Å². The lowest BCUT2D eigenvalue weighted by Gasteiger charge is -2.16. The summed E-state index contributed by atoms with van der Waals surface area (Å²) in [6.45, 7) is 3.18. The minimum Gasteiger partial charge on any atom is -0.375 e. The summed E-state index contributed by atoms with van der Waals surface area (Å²) in [5.41, 5.74) is 1.25. The Kier molecular flexibility index (Phi) is 2.94. The summed E-state index contributed by atoms with van der Waals surface area (Å²) in [5, 5.41) is 0. The van der Waals surface area contributed by atoms with Gasteiger partial charge in [-0.15, -0.1) is 0 Å². The fourth-order valence-corrected chi connectivity index (χ4v) is 1.28. The van der Waals surface area contributed by atoms with Gasteiger partial charge in [0.05, 0.1) is 0 Å². The Morgan fingerprint density at radius 3 is 2.73 bits per heavy atom. The van der Waals surface area contributed by atoms with E-state index in [0.29, 0.717) is 0 Å². The lowest BCUT2D eigenvalue weighted by molar-refractivity contribution is 0.968. The van der Waals surface area contributed by atoms with Gasteiger partial charge in [-0.1, -0.05) is 22.0 Å². The van der Waals surface area contributed by atoms with Gasteiger partial charge in [-0.25, -0.2) is 0 Å². The van der Waals surface area contributed by atoms with Crippen molar-refractivity contribution in [3.8, 4) is 0 Å². The minimum atomic E-state index is 1.04. The highest BCUT2D eigenvalue weighted by molar-refractivity contribution is 9.10. The largest absolute Gasteiger partial charge is 0.375 e. The van der Waals surface area contributed by atoms with Gasteiger partial charge in [0.1, 0.15) is 0 Å². The highest BCUT2D eigenvalue weighted by Gasteiger charge is 1.96. The zero-order valence-corrected chi connectivity index (χ0v) is 8.43. The van der Waals surface area contributed by atoms with E-state index in [1.807, 2.05) is 12.1 Å². The van der Waals surface area contributed by atoms with Crippen LogP contribution in [0.2, 0.25) is 0 Å². The second kappa shape index (κ2) is 3.77. The van der Waals surface area contributed by atoms with Gasteiger partial charge in [0, 0.05) is 23.8 Å². The maximum absolute atomic E-state index is 3.43. The average molecular weight is 214 g/mol. The van der Waals surface area contributed by atoms with Crippen molar-refractivity contribution >= 4 is 21.6 Å². The molecule has 0 unspecified atom stereocenters. The van der Waals surface area contributed by atoms with Crippen LogP contribution in [0, 0.1) is 0 Å². The topological polar surface area (TPSA) is 3.24 Å². The first-order valence-electron chi connectivity index (χ1n) is 3.70. The molecule has 0 aromatic heterocycles. The van der Waals surface area contributed by atoms with Crippen LogP contribution in [0.1, 0.15) is 6.92 Å². The predicted molar refractivity (Wildman–Crippen MR) is 53.1 cm³/mol. The highest BCUT2D eigenvalue weighted by Crippen LogP contribution is 2.18. The van der Waals surface area contributed by atoms with Gasteiger partial charge >= 0.3 is 0 Å². The van der Waals surface area contributed by atoms with E-state index in [4.69, 9.17) is 0 Å². The van der Waals surface area contributed by atoms with Crippen LogP contribution in [0.4, 0.5) is 5.69 Å². The molecular formula is C9H12BrN. The number of anilines is 1. The molecule has 1 rings (SSSR count). The summed E-state index contributed by atoms with van der Waals surface area (Å²) in [6.07, 6.45) is 0. The van der Waals surface area contributed by atoms with E-state index in [-0.39, 0.29) is 0 Å². The number of nitrogens with zero attached hydrogens (tertiary/aromatic N) is 1. The van der Waals surface area contributed by atoms with Gasteiger partial charge in [-0.3, -0.25) is 0 Å². The molecular weight excluding hydrogens is 202 g/mol. The van der Waals surface area contributed by atoms with Crippen molar-refractivity contribution in [2.24, 2.45) is 0 Å². The Labute approximate surface area is 76.2 Å². The normalized spacial score (nSPS) is 9.73. The van der Waals surface area contributed by atoms with E-state index in [9.17, 15) is 0 Å². The third kappa shape index (κ3) is 2.22. The molecule has 0 aliphatic heterocycles. The third-order valence-corrected chi connectivity index (χ3v) is 2.22. The summed E-state index contributed by atoms with van der Waals surface area (Å²) in [4.78, 5) is 2.20. The molecule has 0 N–H and O–H groups in total. The number of hydrogen-bond donors (Lipinski definition) is 0. The molecule has 0 saturated heterocycles. The number of hydrogen-bond acceptors (Lipinski definition) is 1. The fourth-order valence-electron chi connectivity index (χ4n) is 0.896. The highest BCUT2D eigenvalue weighted by atomic mass is 79.9. The summed E-state index contributed by atoms with van der Waals surface area (Å²) < 4.78 is 1.13. The number of rotatable bonds is 2. The quantitative estimate of drug-likeness (QED) is 0.731. The molecule has 0 fully saturated rings.